The maximum atomic E-state index is 14.0. The molecule has 0 atom stereocenters. The van der Waals surface area contributed by atoms with Gasteiger partial charge in [0.1, 0.15) is 17.4 Å². The summed E-state index contributed by atoms with van der Waals surface area (Å²) in [7, 11) is 1.49. The van der Waals surface area contributed by atoms with E-state index in [2.05, 4.69) is 9.98 Å². The molecule has 0 fully saturated rings. The molecular weight excluding hydrogens is 448 g/mol. The van der Waals surface area contributed by atoms with E-state index in [0.29, 0.717) is 11.3 Å². The van der Waals surface area contributed by atoms with Crippen LogP contribution < -0.4 is 4.74 Å². The molecule has 2 aromatic rings. The van der Waals surface area contributed by atoms with Crippen LogP contribution in [0.3, 0.4) is 0 Å². The molecule has 0 aliphatic carbocycles. The minimum absolute atomic E-state index is 0.0188. The lowest BCUT2D eigenvalue weighted by Crippen LogP contribution is -2.59. The van der Waals surface area contributed by atoms with Gasteiger partial charge in [-0.3, -0.25) is 0 Å². The first-order chi connectivity index (χ1) is 15.4. The van der Waals surface area contributed by atoms with Gasteiger partial charge in [-0.25, -0.2) is 9.98 Å². The molecule has 1 aliphatic rings. The van der Waals surface area contributed by atoms with Gasteiger partial charge in [0.25, 0.3) is 0 Å². The summed E-state index contributed by atoms with van der Waals surface area (Å²) in [6.45, 7) is 3.38. The summed E-state index contributed by atoms with van der Waals surface area (Å²) in [4.78, 5) is 7.87. The number of nitrogens with zero attached hydrogens (tertiary/aromatic N) is 3. The molecule has 0 aromatic heterocycles. The average Bonchev–Trinajstić information content (AvgIpc) is 2.74. The number of alkyl halides is 6. The average molecular weight is 471 g/mol. The Balaban J connectivity index is 2.23. The van der Waals surface area contributed by atoms with E-state index in [9.17, 15) is 26.3 Å². The fourth-order valence-electron chi connectivity index (χ4n) is 3.43. The molecule has 178 valence electrons. The number of hydrogen-bond acceptors (Lipinski definition) is 4. The van der Waals surface area contributed by atoms with Crippen LogP contribution in [0.15, 0.2) is 64.6 Å². The molecule has 0 saturated carbocycles. The lowest BCUT2D eigenvalue weighted by atomic mass is 10.0. The van der Waals surface area contributed by atoms with E-state index in [0.717, 1.165) is 0 Å². The summed E-state index contributed by atoms with van der Waals surface area (Å²) in [5, 5.41) is 0. The summed E-state index contributed by atoms with van der Waals surface area (Å²) in [5.74, 6) is -0.453. The summed E-state index contributed by atoms with van der Waals surface area (Å²) < 4.78 is 88.9. The molecular formula is C23H23F6N3O. The Morgan fingerprint density at radius 1 is 0.879 bits per heavy atom. The van der Waals surface area contributed by atoms with Gasteiger partial charge >= 0.3 is 18.0 Å². The van der Waals surface area contributed by atoms with Crippen molar-refractivity contribution in [2.24, 2.45) is 15.9 Å². The van der Waals surface area contributed by atoms with Crippen molar-refractivity contribution in [1.82, 2.24) is 4.90 Å². The molecule has 0 radical (unpaired) electrons. The van der Waals surface area contributed by atoms with E-state index >= 15 is 0 Å². The van der Waals surface area contributed by atoms with Crippen LogP contribution in [-0.4, -0.2) is 41.7 Å². The normalized spacial score (nSPS) is 16.5. The number of amidine groups is 2. The first kappa shape index (κ1) is 24.6. The van der Waals surface area contributed by atoms with Crippen molar-refractivity contribution in [3.8, 4) is 5.75 Å². The Hall–Kier alpha value is -3.04. The molecule has 0 unspecified atom stereocenters. The number of hydrogen-bond donors (Lipinski definition) is 0. The summed E-state index contributed by atoms with van der Waals surface area (Å²) in [6, 6.07) is 14.2. The van der Waals surface area contributed by atoms with Gasteiger partial charge in [0.2, 0.25) is 0 Å². The Kier molecular flexibility index (Phi) is 6.76. The van der Waals surface area contributed by atoms with Crippen LogP contribution in [0.2, 0.25) is 0 Å². The molecule has 1 aliphatic heterocycles. The molecule has 10 heteroatoms. The molecule has 0 amide bonds. The van der Waals surface area contributed by atoms with Crippen LogP contribution in [0.4, 0.5) is 26.3 Å². The van der Waals surface area contributed by atoms with Crippen molar-refractivity contribution in [1.29, 1.82) is 0 Å². The predicted molar refractivity (Wildman–Crippen MR) is 113 cm³/mol. The van der Waals surface area contributed by atoms with E-state index in [1.54, 1.807) is 44.2 Å². The van der Waals surface area contributed by atoms with Gasteiger partial charge in [0.15, 0.2) is 0 Å². The Labute approximate surface area is 187 Å². The van der Waals surface area contributed by atoms with Gasteiger partial charge < -0.3 is 9.64 Å². The van der Waals surface area contributed by atoms with E-state index in [-0.39, 0.29) is 30.3 Å². The van der Waals surface area contributed by atoms with Crippen LogP contribution in [-0.2, 0) is 6.54 Å². The topological polar surface area (TPSA) is 37.2 Å². The van der Waals surface area contributed by atoms with E-state index in [4.69, 9.17) is 4.74 Å². The third kappa shape index (κ3) is 4.99. The van der Waals surface area contributed by atoms with Crippen LogP contribution in [0, 0.1) is 5.92 Å². The van der Waals surface area contributed by atoms with Crippen LogP contribution in [0.1, 0.15) is 31.4 Å². The predicted octanol–water partition coefficient (Wildman–Crippen LogP) is 6.22. The zero-order valence-corrected chi connectivity index (χ0v) is 18.2. The zero-order valence-electron chi connectivity index (χ0n) is 18.2. The molecule has 1 heterocycles. The number of rotatable bonds is 6. The molecule has 0 N–H and O–H groups in total. The number of benzene rings is 2. The Morgan fingerprint density at radius 3 is 1.94 bits per heavy atom. The maximum Gasteiger partial charge on any atom is 0.443 e. The number of aliphatic imine (C=N–C) groups is 2. The molecule has 2 aromatic carbocycles. The Morgan fingerprint density at radius 2 is 1.45 bits per heavy atom. The second-order valence-electron chi connectivity index (χ2n) is 8.03. The van der Waals surface area contributed by atoms with Crippen molar-refractivity contribution >= 4 is 11.7 Å². The van der Waals surface area contributed by atoms with Gasteiger partial charge in [0.05, 0.1) is 13.7 Å². The van der Waals surface area contributed by atoms with Gasteiger partial charge in [-0.1, -0.05) is 56.3 Å². The Bertz CT molecular complexity index is 997. The molecule has 33 heavy (non-hydrogen) atoms. The van der Waals surface area contributed by atoms with Crippen molar-refractivity contribution in [2.45, 2.75) is 44.8 Å². The third-order valence-corrected chi connectivity index (χ3v) is 5.04. The minimum Gasteiger partial charge on any atom is -0.497 e. The fourth-order valence-corrected chi connectivity index (χ4v) is 3.43. The first-order valence-corrected chi connectivity index (χ1v) is 10.2. The van der Waals surface area contributed by atoms with Crippen LogP contribution in [0.5, 0.6) is 5.75 Å². The van der Waals surface area contributed by atoms with Gasteiger partial charge in [-0.05, 0) is 23.6 Å². The molecule has 0 bridgehead atoms. The second kappa shape index (κ2) is 9.07. The highest BCUT2D eigenvalue weighted by Crippen LogP contribution is 2.49. The number of ether oxygens (including phenoxy) is 1. The molecule has 4 nitrogen and oxygen atoms in total. The number of halogens is 6. The van der Waals surface area contributed by atoms with Crippen LogP contribution in [0.25, 0.3) is 0 Å². The highest BCUT2D eigenvalue weighted by Gasteiger charge is 2.73. The highest BCUT2D eigenvalue weighted by molar-refractivity contribution is 6.10. The van der Waals surface area contributed by atoms with E-state index < -0.39 is 23.9 Å². The summed E-state index contributed by atoms with van der Waals surface area (Å²) in [5.41, 5.74) is -3.81. The lowest BCUT2D eigenvalue weighted by Gasteiger charge is -2.40. The highest BCUT2D eigenvalue weighted by atomic mass is 19.4. The minimum atomic E-state index is -5.78. The monoisotopic (exact) mass is 471 g/mol. The standard InChI is InChI=1S/C23H23F6N3O/c1-15(2)13-19-30-21(22(24,25)26,23(27,28)29)31-20(17-7-5-4-6-8-17)32(19)14-16-9-11-18(33-3)12-10-16/h4-12,15H,13-14H2,1-3H3. The molecule has 0 saturated heterocycles. The fraction of sp³-hybridized carbons (Fsp3) is 0.391. The van der Waals surface area contributed by atoms with Crippen molar-refractivity contribution in [2.75, 3.05) is 7.11 Å². The van der Waals surface area contributed by atoms with Crippen molar-refractivity contribution in [3.05, 3.63) is 65.7 Å². The maximum absolute atomic E-state index is 14.0. The summed E-state index contributed by atoms with van der Waals surface area (Å²) >= 11 is 0. The smallest absolute Gasteiger partial charge is 0.443 e. The van der Waals surface area contributed by atoms with Gasteiger partial charge in [0, 0.05) is 12.0 Å². The van der Waals surface area contributed by atoms with E-state index in [1.165, 1.54) is 36.3 Å². The van der Waals surface area contributed by atoms with Gasteiger partial charge in [-0.2, -0.15) is 26.3 Å². The first-order valence-electron chi connectivity index (χ1n) is 10.2. The van der Waals surface area contributed by atoms with Gasteiger partial charge in [-0.15, -0.1) is 0 Å². The largest absolute Gasteiger partial charge is 0.497 e. The van der Waals surface area contributed by atoms with Crippen molar-refractivity contribution < 1.29 is 31.1 Å². The quantitative estimate of drug-likeness (QED) is 0.469. The van der Waals surface area contributed by atoms with Crippen LogP contribution >= 0.6 is 0 Å². The SMILES string of the molecule is COc1ccc(CN2C(CC(C)C)=NC(C(F)(F)F)(C(F)(F)F)N=C2c2ccccc2)cc1. The zero-order chi connectivity index (χ0) is 24.4. The number of methoxy groups -OCH3 is 1. The summed E-state index contributed by atoms with van der Waals surface area (Å²) in [6.07, 6.45) is -11.7. The van der Waals surface area contributed by atoms with Crippen molar-refractivity contribution in [3.63, 3.8) is 0 Å². The second-order valence-corrected chi connectivity index (χ2v) is 8.03. The van der Waals surface area contributed by atoms with E-state index in [1.807, 2.05) is 0 Å². The molecule has 3 rings (SSSR count). The third-order valence-electron chi connectivity index (χ3n) is 5.04. The molecule has 0 spiro atoms. The lowest BCUT2D eigenvalue weighted by molar-refractivity contribution is -0.293.